The van der Waals surface area contributed by atoms with Gasteiger partial charge in [0.15, 0.2) is 0 Å². The van der Waals surface area contributed by atoms with E-state index in [0.29, 0.717) is 11.7 Å². The van der Waals surface area contributed by atoms with Gasteiger partial charge in [-0.25, -0.2) is 0 Å². The fourth-order valence-corrected chi connectivity index (χ4v) is 2.79. The minimum atomic E-state index is 0.243. The van der Waals surface area contributed by atoms with Crippen LogP contribution in [0.25, 0.3) is 0 Å². The van der Waals surface area contributed by atoms with Crippen LogP contribution in [0, 0.1) is 11.8 Å². The first-order valence-electron chi connectivity index (χ1n) is 7.41. The van der Waals surface area contributed by atoms with Gasteiger partial charge in [0.25, 0.3) is 0 Å². The van der Waals surface area contributed by atoms with Crippen LogP contribution < -0.4 is 0 Å². The topological polar surface area (TPSA) is 17.1 Å². The zero-order valence-corrected chi connectivity index (χ0v) is 11.4. The SMILES string of the molecule is C=CC(C)C1CCCCCCCCCCC1=O. The number of rotatable bonds is 2. The maximum Gasteiger partial charge on any atom is 0.136 e. The molecule has 1 fully saturated rings. The molecule has 0 aliphatic heterocycles. The van der Waals surface area contributed by atoms with Gasteiger partial charge in [0.2, 0.25) is 0 Å². The molecule has 17 heavy (non-hydrogen) atoms. The highest BCUT2D eigenvalue weighted by Gasteiger charge is 2.22. The van der Waals surface area contributed by atoms with E-state index in [1.54, 1.807) is 0 Å². The molecule has 0 aromatic carbocycles. The fraction of sp³-hybridized carbons (Fsp3) is 0.812. The van der Waals surface area contributed by atoms with Crippen LogP contribution in [0.5, 0.6) is 0 Å². The van der Waals surface area contributed by atoms with Crippen molar-refractivity contribution >= 4 is 5.78 Å². The minimum Gasteiger partial charge on any atom is -0.299 e. The Morgan fingerprint density at radius 3 is 2.18 bits per heavy atom. The van der Waals surface area contributed by atoms with Gasteiger partial charge in [-0.3, -0.25) is 4.79 Å². The van der Waals surface area contributed by atoms with Crippen LogP contribution in [0.2, 0.25) is 0 Å². The minimum absolute atomic E-state index is 0.243. The molecule has 0 radical (unpaired) electrons. The predicted octanol–water partition coefficient (Wildman–Crippen LogP) is 4.91. The normalized spacial score (nSPS) is 26.6. The van der Waals surface area contributed by atoms with Crippen molar-refractivity contribution < 1.29 is 4.79 Å². The van der Waals surface area contributed by atoms with Gasteiger partial charge >= 0.3 is 0 Å². The molecular weight excluding hydrogens is 208 g/mol. The summed E-state index contributed by atoms with van der Waals surface area (Å²) in [5.41, 5.74) is 0. The first-order valence-corrected chi connectivity index (χ1v) is 7.41. The molecule has 2 atom stereocenters. The van der Waals surface area contributed by atoms with Crippen LogP contribution in [-0.2, 0) is 4.79 Å². The summed E-state index contributed by atoms with van der Waals surface area (Å²) in [5.74, 6) is 1.08. The number of hydrogen-bond donors (Lipinski definition) is 0. The maximum atomic E-state index is 12.2. The van der Waals surface area contributed by atoms with Crippen LogP contribution in [0.3, 0.4) is 0 Å². The van der Waals surface area contributed by atoms with Crippen LogP contribution in [0.15, 0.2) is 12.7 Å². The molecule has 0 N–H and O–H groups in total. The lowest BCUT2D eigenvalue weighted by molar-refractivity contribution is -0.124. The molecule has 1 heteroatoms. The molecule has 1 nitrogen and oxygen atoms in total. The van der Waals surface area contributed by atoms with Crippen molar-refractivity contribution in [2.24, 2.45) is 11.8 Å². The van der Waals surface area contributed by atoms with E-state index >= 15 is 0 Å². The molecule has 1 rings (SSSR count). The molecule has 1 aliphatic carbocycles. The third-order valence-electron chi connectivity index (χ3n) is 4.11. The summed E-state index contributed by atoms with van der Waals surface area (Å²) in [4.78, 5) is 12.2. The van der Waals surface area contributed by atoms with Gasteiger partial charge in [0.05, 0.1) is 0 Å². The van der Waals surface area contributed by atoms with Gasteiger partial charge in [-0.1, -0.05) is 57.9 Å². The van der Waals surface area contributed by atoms with Crippen molar-refractivity contribution in [3.63, 3.8) is 0 Å². The summed E-state index contributed by atoms with van der Waals surface area (Å²) in [6.07, 6.45) is 14.1. The molecule has 0 amide bonds. The third-order valence-corrected chi connectivity index (χ3v) is 4.11. The summed E-state index contributed by atoms with van der Waals surface area (Å²) >= 11 is 0. The summed E-state index contributed by atoms with van der Waals surface area (Å²) in [6.45, 7) is 5.99. The van der Waals surface area contributed by atoms with Crippen molar-refractivity contribution in [3.05, 3.63) is 12.7 Å². The summed E-state index contributed by atoms with van der Waals surface area (Å²) < 4.78 is 0. The standard InChI is InChI=1S/C16H28O/c1-3-14(2)15-12-10-8-6-4-5-7-9-11-13-16(15)17/h3,14-15H,1,4-13H2,2H3. The van der Waals surface area contributed by atoms with Crippen LogP contribution >= 0.6 is 0 Å². The van der Waals surface area contributed by atoms with Crippen LogP contribution in [0.4, 0.5) is 0 Å². The van der Waals surface area contributed by atoms with Crippen LogP contribution in [-0.4, -0.2) is 5.78 Å². The Bertz CT molecular complexity index is 232. The number of hydrogen-bond acceptors (Lipinski definition) is 1. The molecule has 2 unspecified atom stereocenters. The van der Waals surface area contributed by atoms with Gasteiger partial charge in [-0.15, -0.1) is 6.58 Å². The van der Waals surface area contributed by atoms with E-state index in [-0.39, 0.29) is 5.92 Å². The highest BCUT2D eigenvalue weighted by Crippen LogP contribution is 2.25. The summed E-state index contributed by atoms with van der Waals surface area (Å²) in [7, 11) is 0. The molecule has 0 bridgehead atoms. The molecule has 1 aliphatic rings. The van der Waals surface area contributed by atoms with Crippen molar-refractivity contribution in [2.75, 3.05) is 0 Å². The Morgan fingerprint density at radius 1 is 1.06 bits per heavy atom. The molecule has 0 heterocycles. The van der Waals surface area contributed by atoms with Crippen LogP contribution in [0.1, 0.15) is 71.1 Å². The van der Waals surface area contributed by atoms with Crippen molar-refractivity contribution in [3.8, 4) is 0 Å². The average Bonchev–Trinajstić information content (AvgIpc) is 2.33. The van der Waals surface area contributed by atoms with E-state index in [1.165, 1.54) is 44.9 Å². The summed E-state index contributed by atoms with van der Waals surface area (Å²) in [5, 5.41) is 0. The summed E-state index contributed by atoms with van der Waals surface area (Å²) in [6, 6.07) is 0. The van der Waals surface area contributed by atoms with Gasteiger partial charge in [-0.05, 0) is 18.8 Å². The number of allylic oxidation sites excluding steroid dienone is 1. The van der Waals surface area contributed by atoms with E-state index in [2.05, 4.69) is 13.5 Å². The second-order valence-electron chi connectivity index (χ2n) is 5.53. The average molecular weight is 236 g/mol. The van der Waals surface area contributed by atoms with Gasteiger partial charge in [0, 0.05) is 12.3 Å². The largest absolute Gasteiger partial charge is 0.299 e. The Kier molecular flexibility index (Phi) is 7.23. The highest BCUT2D eigenvalue weighted by atomic mass is 16.1. The third kappa shape index (κ3) is 5.52. The number of carbonyl (C=O) groups is 1. The first kappa shape index (κ1) is 14.5. The second-order valence-corrected chi connectivity index (χ2v) is 5.53. The van der Waals surface area contributed by atoms with Crippen molar-refractivity contribution in [1.29, 1.82) is 0 Å². The molecule has 1 saturated carbocycles. The lowest BCUT2D eigenvalue weighted by Crippen LogP contribution is -2.21. The molecule has 0 aromatic heterocycles. The molecule has 0 saturated heterocycles. The van der Waals surface area contributed by atoms with E-state index < -0.39 is 0 Å². The second kappa shape index (κ2) is 8.49. The Labute approximate surface area is 107 Å². The molecule has 0 aromatic rings. The van der Waals surface area contributed by atoms with E-state index in [1.807, 2.05) is 6.08 Å². The monoisotopic (exact) mass is 236 g/mol. The zero-order valence-electron chi connectivity index (χ0n) is 11.4. The van der Waals surface area contributed by atoms with E-state index in [9.17, 15) is 4.79 Å². The molecular formula is C16H28O. The number of carbonyl (C=O) groups excluding carboxylic acids is 1. The lowest BCUT2D eigenvalue weighted by atomic mass is 9.83. The number of ketones is 1. The Morgan fingerprint density at radius 2 is 1.59 bits per heavy atom. The Balaban J connectivity index is 2.50. The van der Waals surface area contributed by atoms with Crippen molar-refractivity contribution in [2.45, 2.75) is 71.1 Å². The Hall–Kier alpha value is -0.590. The predicted molar refractivity (Wildman–Crippen MR) is 74.0 cm³/mol. The zero-order chi connectivity index (χ0) is 12.5. The fourth-order valence-electron chi connectivity index (χ4n) is 2.79. The van der Waals surface area contributed by atoms with Crippen molar-refractivity contribution in [1.82, 2.24) is 0 Å². The first-order chi connectivity index (χ1) is 8.25. The van der Waals surface area contributed by atoms with Gasteiger partial charge in [-0.2, -0.15) is 0 Å². The maximum absolute atomic E-state index is 12.2. The van der Waals surface area contributed by atoms with E-state index in [0.717, 1.165) is 19.3 Å². The lowest BCUT2D eigenvalue weighted by Gasteiger charge is -2.20. The highest BCUT2D eigenvalue weighted by molar-refractivity contribution is 5.81. The van der Waals surface area contributed by atoms with Gasteiger partial charge in [0.1, 0.15) is 5.78 Å². The van der Waals surface area contributed by atoms with Gasteiger partial charge < -0.3 is 0 Å². The molecule has 0 spiro atoms. The molecule has 98 valence electrons. The quantitative estimate of drug-likeness (QED) is 0.623. The van der Waals surface area contributed by atoms with E-state index in [4.69, 9.17) is 0 Å². The number of Topliss-reactive ketones (excluding diaryl/α,β-unsaturated/α-hetero) is 1. The smallest absolute Gasteiger partial charge is 0.136 e.